The minimum atomic E-state index is -0.427. The van der Waals surface area contributed by atoms with E-state index in [1.165, 1.54) is 0 Å². The average Bonchev–Trinajstić information content (AvgIpc) is 2.97. The Balaban J connectivity index is 1.80. The third-order valence-electron chi connectivity index (χ3n) is 4.84. The Hall–Kier alpha value is -2.62. The predicted molar refractivity (Wildman–Crippen MR) is 102 cm³/mol. The van der Waals surface area contributed by atoms with Crippen LogP contribution in [-0.2, 0) is 17.9 Å². The quantitative estimate of drug-likeness (QED) is 0.797. The molecule has 0 fully saturated rings. The Morgan fingerprint density at radius 1 is 1.08 bits per heavy atom. The van der Waals surface area contributed by atoms with Crippen LogP contribution >= 0.6 is 0 Å². The minimum Gasteiger partial charge on any atom is -0.340 e. The average molecular weight is 350 g/mol. The zero-order chi connectivity index (χ0) is 18.7. The molecule has 3 rings (SSSR count). The van der Waals surface area contributed by atoms with Crippen LogP contribution in [0.1, 0.15) is 41.8 Å². The first-order valence-electron chi connectivity index (χ1n) is 9.15. The normalized spacial score (nSPS) is 14.5. The number of amides is 2. The van der Waals surface area contributed by atoms with Crippen LogP contribution in [-0.4, -0.2) is 34.7 Å². The maximum atomic E-state index is 13.2. The molecule has 0 spiro atoms. The summed E-state index contributed by atoms with van der Waals surface area (Å²) in [5, 5.41) is 0. The van der Waals surface area contributed by atoms with Gasteiger partial charge in [-0.15, -0.1) is 0 Å². The maximum Gasteiger partial charge on any atom is 0.255 e. The van der Waals surface area contributed by atoms with Gasteiger partial charge in [-0.25, -0.2) is 0 Å². The number of carbonyl (C=O) groups is 2. The van der Waals surface area contributed by atoms with E-state index < -0.39 is 6.04 Å². The Morgan fingerprint density at radius 3 is 2.38 bits per heavy atom. The van der Waals surface area contributed by atoms with Crippen LogP contribution in [0.2, 0.25) is 0 Å². The van der Waals surface area contributed by atoms with Gasteiger partial charge in [0, 0.05) is 25.7 Å². The molecule has 0 saturated heterocycles. The van der Waals surface area contributed by atoms with E-state index in [1.807, 2.05) is 61.6 Å². The molecule has 1 aliphatic rings. The van der Waals surface area contributed by atoms with Crippen LogP contribution in [0.15, 0.2) is 54.6 Å². The highest BCUT2D eigenvalue weighted by molar-refractivity contribution is 6.01. The first-order chi connectivity index (χ1) is 12.5. The first kappa shape index (κ1) is 18.2. The number of benzene rings is 2. The van der Waals surface area contributed by atoms with Crippen LogP contribution in [0.3, 0.4) is 0 Å². The lowest BCUT2D eigenvalue weighted by atomic mass is 10.0. The van der Waals surface area contributed by atoms with E-state index in [-0.39, 0.29) is 11.8 Å². The molecule has 0 N–H and O–H groups in total. The molecule has 2 aromatic rings. The van der Waals surface area contributed by atoms with E-state index in [4.69, 9.17) is 0 Å². The monoisotopic (exact) mass is 350 g/mol. The number of nitrogens with zero attached hydrogens (tertiary/aromatic N) is 2. The number of hydrogen-bond donors (Lipinski definition) is 0. The molecule has 0 aromatic heterocycles. The van der Waals surface area contributed by atoms with Crippen LogP contribution in [0.25, 0.3) is 0 Å². The van der Waals surface area contributed by atoms with Crippen molar-refractivity contribution >= 4 is 11.8 Å². The fraction of sp³-hybridized carbons (Fsp3) is 0.364. The van der Waals surface area contributed by atoms with Crippen molar-refractivity contribution in [3.63, 3.8) is 0 Å². The van der Waals surface area contributed by atoms with Gasteiger partial charge >= 0.3 is 0 Å². The minimum absolute atomic E-state index is 0.00343. The summed E-state index contributed by atoms with van der Waals surface area (Å²) in [6.07, 6.45) is 0.664. The van der Waals surface area contributed by atoms with Crippen molar-refractivity contribution in [2.45, 2.75) is 39.4 Å². The number of fused-ring (bicyclic) bond motifs is 1. The second-order valence-corrected chi connectivity index (χ2v) is 7.42. The number of likely N-dealkylation sites (N-methyl/N-ethyl adjacent to an activating group) is 1. The highest BCUT2D eigenvalue weighted by Gasteiger charge is 2.37. The van der Waals surface area contributed by atoms with Crippen molar-refractivity contribution < 1.29 is 9.59 Å². The van der Waals surface area contributed by atoms with E-state index in [9.17, 15) is 9.59 Å². The largest absolute Gasteiger partial charge is 0.340 e. The van der Waals surface area contributed by atoms with Gasteiger partial charge in [-0.05, 0) is 29.5 Å². The molecule has 0 bridgehead atoms. The Morgan fingerprint density at radius 2 is 1.73 bits per heavy atom. The van der Waals surface area contributed by atoms with Crippen molar-refractivity contribution in [1.29, 1.82) is 0 Å². The van der Waals surface area contributed by atoms with Crippen molar-refractivity contribution in [1.82, 2.24) is 9.80 Å². The van der Waals surface area contributed by atoms with Gasteiger partial charge in [-0.2, -0.15) is 0 Å². The third kappa shape index (κ3) is 3.79. The third-order valence-corrected chi connectivity index (χ3v) is 4.84. The molecule has 1 heterocycles. The molecule has 0 unspecified atom stereocenters. The molecule has 1 atom stereocenters. The number of carbonyl (C=O) groups excluding carboxylic acids is 2. The first-order valence-corrected chi connectivity index (χ1v) is 9.15. The van der Waals surface area contributed by atoms with Crippen LogP contribution in [0.4, 0.5) is 0 Å². The molecule has 1 aliphatic heterocycles. The summed E-state index contributed by atoms with van der Waals surface area (Å²) >= 11 is 0. The fourth-order valence-electron chi connectivity index (χ4n) is 3.53. The topological polar surface area (TPSA) is 40.6 Å². The SMILES string of the molecule is CC(C)C[C@@H](C(=O)N(C)Cc1ccccc1)N1Cc2ccccc2C1=O. The van der Waals surface area contributed by atoms with Gasteiger partial charge < -0.3 is 9.80 Å². The molecule has 0 aliphatic carbocycles. The van der Waals surface area contributed by atoms with Gasteiger partial charge in [0.05, 0.1) is 0 Å². The molecule has 0 saturated carbocycles. The maximum absolute atomic E-state index is 13.2. The van der Waals surface area contributed by atoms with Crippen LogP contribution in [0.5, 0.6) is 0 Å². The number of rotatable bonds is 6. The fourth-order valence-corrected chi connectivity index (χ4v) is 3.53. The van der Waals surface area contributed by atoms with E-state index in [0.717, 1.165) is 16.7 Å². The lowest BCUT2D eigenvalue weighted by Crippen LogP contribution is -2.48. The zero-order valence-corrected chi connectivity index (χ0v) is 15.7. The molecule has 4 heteroatoms. The van der Waals surface area contributed by atoms with Gasteiger partial charge in [0.15, 0.2) is 0 Å². The van der Waals surface area contributed by atoms with Crippen LogP contribution in [0, 0.1) is 5.92 Å². The Kier molecular flexibility index (Phi) is 5.40. The zero-order valence-electron chi connectivity index (χ0n) is 15.7. The van der Waals surface area contributed by atoms with E-state index in [2.05, 4.69) is 13.8 Å². The molecule has 0 radical (unpaired) electrons. The second kappa shape index (κ2) is 7.73. The standard InChI is InChI=1S/C22H26N2O2/c1-16(2)13-20(22(26)23(3)14-17-9-5-4-6-10-17)24-15-18-11-7-8-12-19(18)21(24)25/h4-12,16,20H,13-15H2,1-3H3/t20-/m0/s1. The molecular formula is C22H26N2O2. The molecule has 2 aromatic carbocycles. The van der Waals surface area contributed by atoms with E-state index in [1.54, 1.807) is 9.80 Å². The summed E-state index contributed by atoms with van der Waals surface area (Å²) in [6, 6.07) is 17.1. The molecular weight excluding hydrogens is 324 g/mol. The smallest absolute Gasteiger partial charge is 0.255 e. The Bertz CT molecular complexity index is 786. The van der Waals surface area contributed by atoms with E-state index >= 15 is 0 Å². The van der Waals surface area contributed by atoms with Crippen molar-refractivity contribution in [2.24, 2.45) is 5.92 Å². The van der Waals surface area contributed by atoms with Gasteiger partial charge in [-0.1, -0.05) is 62.4 Å². The molecule has 26 heavy (non-hydrogen) atoms. The van der Waals surface area contributed by atoms with Gasteiger partial charge in [-0.3, -0.25) is 9.59 Å². The second-order valence-electron chi connectivity index (χ2n) is 7.42. The Labute approximate surface area is 155 Å². The number of hydrogen-bond acceptors (Lipinski definition) is 2. The lowest BCUT2D eigenvalue weighted by Gasteiger charge is -2.31. The summed E-state index contributed by atoms with van der Waals surface area (Å²) < 4.78 is 0. The summed E-state index contributed by atoms with van der Waals surface area (Å²) in [5.74, 6) is 0.294. The summed E-state index contributed by atoms with van der Waals surface area (Å²) in [7, 11) is 1.82. The van der Waals surface area contributed by atoms with Gasteiger partial charge in [0.2, 0.25) is 5.91 Å². The van der Waals surface area contributed by atoms with Crippen LogP contribution < -0.4 is 0 Å². The lowest BCUT2D eigenvalue weighted by molar-refractivity contribution is -0.136. The van der Waals surface area contributed by atoms with Crippen molar-refractivity contribution in [3.05, 3.63) is 71.3 Å². The predicted octanol–water partition coefficient (Wildman–Crippen LogP) is 3.72. The summed E-state index contributed by atoms with van der Waals surface area (Å²) in [4.78, 5) is 29.5. The van der Waals surface area contributed by atoms with Gasteiger partial charge in [0.1, 0.15) is 6.04 Å². The van der Waals surface area contributed by atoms with Crippen molar-refractivity contribution in [2.75, 3.05) is 7.05 Å². The van der Waals surface area contributed by atoms with Gasteiger partial charge in [0.25, 0.3) is 5.91 Å². The summed E-state index contributed by atoms with van der Waals surface area (Å²) in [6.45, 7) is 5.23. The highest BCUT2D eigenvalue weighted by atomic mass is 16.2. The molecule has 2 amide bonds. The molecule has 4 nitrogen and oxygen atoms in total. The summed E-state index contributed by atoms with van der Waals surface area (Å²) in [5.41, 5.74) is 2.81. The van der Waals surface area contributed by atoms with E-state index in [0.29, 0.717) is 25.4 Å². The van der Waals surface area contributed by atoms with Crippen molar-refractivity contribution in [3.8, 4) is 0 Å². The molecule has 136 valence electrons. The highest BCUT2D eigenvalue weighted by Crippen LogP contribution is 2.27.